The Hall–Kier alpha value is -3.81. The van der Waals surface area contributed by atoms with Crippen molar-refractivity contribution in [1.82, 2.24) is 10.2 Å². The lowest BCUT2D eigenvalue weighted by molar-refractivity contribution is -0.112. The Morgan fingerprint density at radius 2 is 1.82 bits per heavy atom. The average molecular weight is 501 g/mol. The Balaban J connectivity index is 1.66. The van der Waals surface area contributed by atoms with Crippen LogP contribution in [0.25, 0.3) is 6.08 Å². The summed E-state index contributed by atoms with van der Waals surface area (Å²) in [6, 6.07) is 12.3. The number of carbonyl (C=O) groups excluding carboxylic acids is 1. The number of nitriles is 1. The van der Waals surface area contributed by atoms with E-state index in [4.69, 9.17) is 30.5 Å². The van der Waals surface area contributed by atoms with Gasteiger partial charge in [-0.05, 0) is 55.0 Å². The number of aryl methyl sites for hydroxylation is 1. The molecule has 1 aromatic heterocycles. The van der Waals surface area contributed by atoms with Crippen molar-refractivity contribution in [3.63, 3.8) is 0 Å². The summed E-state index contributed by atoms with van der Waals surface area (Å²) in [4.78, 5) is 12.4. The van der Waals surface area contributed by atoms with Gasteiger partial charge in [0.15, 0.2) is 11.5 Å². The lowest BCUT2D eigenvalue weighted by atomic mass is 10.1. The number of nitrogens with zero attached hydrogens (tertiary/aromatic N) is 3. The number of anilines is 1. The summed E-state index contributed by atoms with van der Waals surface area (Å²) in [5.74, 6) is 1.48. The quantitative estimate of drug-likeness (QED) is 0.245. The van der Waals surface area contributed by atoms with Gasteiger partial charge < -0.3 is 18.9 Å². The molecule has 0 unspecified atom stereocenters. The molecular weight excluding hydrogens is 480 g/mol. The molecule has 0 aliphatic rings. The topological polar surface area (TPSA) is 116 Å². The van der Waals surface area contributed by atoms with Crippen molar-refractivity contribution in [3.8, 4) is 29.1 Å². The number of halogens is 1. The lowest BCUT2D eigenvalue weighted by Crippen LogP contribution is -2.13. The molecule has 1 amide bonds. The largest absolute Gasteiger partial charge is 0.497 e. The Bertz CT molecular complexity index is 1220. The number of nitrogens with one attached hydrogen (secondary N) is 1. The van der Waals surface area contributed by atoms with Gasteiger partial charge in [0.25, 0.3) is 5.91 Å². The second kappa shape index (κ2) is 11.9. The van der Waals surface area contributed by atoms with Crippen LogP contribution in [0, 0.1) is 18.3 Å². The summed E-state index contributed by atoms with van der Waals surface area (Å²) in [5.41, 5.74) is 0.358. The van der Waals surface area contributed by atoms with Crippen LogP contribution in [0.15, 0.2) is 42.0 Å². The van der Waals surface area contributed by atoms with Crippen molar-refractivity contribution >= 4 is 40.1 Å². The first-order chi connectivity index (χ1) is 16.4. The first kappa shape index (κ1) is 24.8. The monoisotopic (exact) mass is 500 g/mol. The predicted octanol–water partition coefficient (Wildman–Crippen LogP) is 4.52. The molecule has 3 aromatic rings. The third-order valence-electron chi connectivity index (χ3n) is 4.33. The van der Waals surface area contributed by atoms with E-state index in [1.54, 1.807) is 50.4 Å². The molecule has 3 rings (SSSR count). The van der Waals surface area contributed by atoms with Crippen molar-refractivity contribution in [3.05, 3.63) is 57.6 Å². The SMILES string of the molecule is COc1ccc(OCCOc2c(Cl)cc(/C=C(/C#N)C(=O)Nc3nnc(C)s3)cc2OC)cc1. The Kier molecular flexibility index (Phi) is 8.67. The van der Waals surface area contributed by atoms with Gasteiger partial charge in [-0.3, -0.25) is 10.1 Å². The van der Waals surface area contributed by atoms with Gasteiger partial charge in [-0.2, -0.15) is 5.26 Å². The number of amides is 1. The second-order valence-electron chi connectivity index (χ2n) is 6.66. The number of rotatable bonds is 10. The number of aromatic nitrogens is 2. The molecule has 0 aliphatic heterocycles. The van der Waals surface area contributed by atoms with Crippen LogP contribution in [-0.2, 0) is 4.79 Å². The molecule has 1 heterocycles. The second-order valence-corrected chi connectivity index (χ2v) is 8.25. The Morgan fingerprint density at radius 3 is 2.44 bits per heavy atom. The fourth-order valence-corrected chi connectivity index (χ4v) is 3.63. The fraction of sp³-hybridized carbons (Fsp3) is 0.217. The summed E-state index contributed by atoms with van der Waals surface area (Å²) >= 11 is 7.60. The van der Waals surface area contributed by atoms with Crippen molar-refractivity contribution in [2.24, 2.45) is 0 Å². The smallest absolute Gasteiger partial charge is 0.268 e. The first-order valence-electron chi connectivity index (χ1n) is 9.94. The number of methoxy groups -OCH3 is 2. The molecule has 2 aromatic carbocycles. The number of benzene rings is 2. The normalized spacial score (nSPS) is 10.9. The molecule has 9 nitrogen and oxygen atoms in total. The first-order valence-corrected chi connectivity index (χ1v) is 11.1. The summed E-state index contributed by atoms with van der Waals surface area (Å²) < 4.78 is 21.9. The van der Waals surface area contributed by atoms with Gasteiger partial charge in [0.2, 0.25) is 5.13 Å². The summed E-state index contributed by atoms with van der Waals surface area (Å²) in [6.45, 7) is 2.25. The molecular formula is C23H21ClN4O5S. The fourth-order valence-electron chi connectivity index (χ4n) is 2.77. The molecule has 0 radical (unpaired) electrons. The number of hydrogen-bond donors (Lipinski definition) is 1. The van der Waals surface area contributed by atoms with E-state index in [9.17, 15) is 10.1 Å². The molecule has 1 N–H and O–H groups in total. The minimum Gasteiger partial charge on any atom is -0.497 e. The molecule has 0 saturated carbocycles. The van der Waals surface area contributed by atoms with Gasteiger partial charge in [-0.15, -0.1) is 10.2 Å². The van der Waals surface area contributed by atoms with Crippen molar-refractivity contribution in [2.75, 3.05) is 32.8 Å². The van der Waals surface area contributed by atoms with E-state index < -0.39 is 5.91 Å². The van der Waals surface area contributed by atoms with E-state index in [0.29, 0.717) is 33.0 Å². The van der Waals surface area contributed by atoms with Gasteiger partial charge in [0.05, 0.1) is 19.2 Å². The van der Waals surface area contributed by atoms with E-state index in [1.807, 2.05) is 6.07 Å². The minimum absolute atomic E-state index is 0.132. The van der Waals surface area contributed by atoms with Crippen LogP contribution in [0.4, 0.5) is 5.13 Å². The maximum Gasteiger partial charge on any atom is 0.268 e. The summed E-state index contributed by atoms with van der Waals surface area (Å²) in [6.07, 6.45) is 1.40. The highest BCUT2D eigenvalue weighted by Gasteiger charge is 2.15. The van der Waals surface area contributed by atoms with Crippen LogP contribution in [0.2, 0.25) is 5.02 Å². The van der Waals surface area contributed by atoms with Crippen molar-refractivity contribution < 1.29 is 23.7 Å². The van der Waals surface area contributed by atoms with E-state index >= 15 is 0 Å². The molecule has 176 valence electrons. The number of carbonyl (C=O) groups is 1. The Labute approximate surface area is 205 Å². The van der Waals surface area contributed by atoms with Crippen LogP contribution < -0.4 is 24.3 Å². The minimum atomic E-state index is -0.607. The Morgan fingerprint density at radius 1 is 1.12 bits per heavy atom. The van der Waals surface area contributed by atoms with Gasteiger partial charge in [-0.25, -0.2) is 0 Å². The zero-order valence-corrected chi connectivity index (χ0v) is 20.2. The van der Waals surface area contributed by atoms with E-state index in [2.05, 4.69) is 15.5 Å². The molecule has 0 bridgehead atoms. The maximum atomic E-state index is 12.4. The molecule has 0 fully saturated rings. The average Bonchev–Trinajstić information content (AvgIpc) is 3.25. The summed E-state index contributed by atoms with van der Waals surface area (Å²) in [7, 11) is 3.06. The van der Waals surface area contributed by atoms with E-state index in [0.717, 1.165) is 5.75 Å². The molecule has 0 aliphatic carbocycles. The highest BCUT2D eigenvalue weighted by Crippen LogP contribution is 2.37. The van der Waals surface area contributed by atoms with Gasteiger partial charge in [-0.1, -0.05) is 22.9 Å². The van der Waals surface area contributed by atoms with Gasteiger partial charge in [0, 0.05) is 0 Å². The molecule has 11 heteroatoms. The lowest BCUT2D eigenvalue weighted by Gasteiger charge is -2.14. The predicted molar refractivity (Wildman–Crippen MR) is 129 cm³/mol. The van der Waals surface area contributed by atoms with Crippen LogP contribution in [0.5, 0.6) is 23.0 Å². The van der Waals surface area contributed by atoms with Crippen molar-refractivity contribution in [2.45, 2.75) is 6.92 Å². The molecule has 0 atom stereocenters. The van der Waals surface area contributed by atoms with E-state index in [1.165, 1.54) is 24.5 Å². The third kappa shape index (κ3) is 6.60. The maximum absolute atomic E-state index is 12.4. The summed E-state index contributed by atoms with van der Waals surface area (Å²) in [5, 5.41) is 20.9. The molecule has 0 spiro atoms. The van der Waals surface area contributed by atoms with Gasteiger partial charge >= 0.3 is 0 Å². The van der Waals surface area contributed by atoms with Gasteiger partial charge in [0.1, 0.15) is 41.4 Å². The standard InChI is InChI=1S/C23H21ClN4O5S/c1-14-27-28-23(34-14)26-22(29)16(13-25)10-15-11-19(24)21(20(12-15)31-3)33-9-8-32-18-6-4-17(30-2)5-7-18/h4-7,10-12H,8-9H2,1-3H3,(H,26,28,29)/b16-10-. The zero-order valence-electron chi connectivity index (χ0n) is 18.6. The van der Waals surface area contributed by atoms with Crippen molar-refractivity contribution in [1.29, 1.82) is 5.26 Å². The highest BCUT2D eigenvalue weighted by molar-refractivity contribution is 7.15. The third-order valence-corrected chi connectivity index (χ3v) is 5.37. The number of ether oxygens (including phenoxy) is 4. The molecule has 0 saturated heterocycles. The van der Waals surface area contributed by atoms with E-state index in [-0.39, 0.29) is 23.8 Å². The molecule has 34 heavy (non-hydrogen) atoms. The van der Waals surface area contributed by atoms with Crippen LogP contribution in [0.1, 0.15) is 10.6 Å². The highest BCUT2D eigenvalue weighted by atomic mass is 35.5. The van der Waals surface area contributed by atoms with Crippen LogP contribution in [-0.4, -0.2) is 43.5 Å². The van der Waals surface area contributed by atoms with Crippen LogP contribution >= 0.6 is 22.9 Å². The zero-order chi connectivity index (χ0) is 24.5. The van der Waals surface area contributed by atoms with Crippen LogP contribution in [0.3, 0.4) is 0 Å². The number of hydrogen-bond acceptors (Lipinski definition) is 9.